The van der Waals surface area contributed by atoms with Gasteiger partial charge >= 0.3 is 5.97 Å². The van der Waals surface area contributed by atoms with E-state index in [1.54, 1.807) is 6.08 Å². The number of ether oxygens (including phenoxy) is 1. The number of aliphatic hydroxyl groups excluding tert-OH is 2. The minimum atomic E-state index is -0.842. The third-order valence-electron chi connectivity index (χ3n) is 17.4. The molecule has 0 fully saturated rings. The number of nitrogens with one attached hydrogen (secondary N) is 1. The third kappa shape index (κ3) is 67.2. The highest BCUT2D eigenvalue weighted by Gasteiger charge is 2.18. The average Bonchev–Trinajstić information content (AvgIpc) is 3.48. The molecule has 0 aromatic rings. The van der Waals surface area contributed by atoms with Crippen LogP contribution in [0.1, 0.15) is 412 Å². The highest BCUT2D eigenvalue weighted by molar-refractivity contribution is 5.76. The first kappa shape index (κ1) is 80.1. The lowest BCUT2D eigenvalue weighted by atomic mass is 10.0. The summed E-state index contributed by atoms with van der Waals surface area (Å²) in [5.74, 6) is -0.0525. The van der Waals surface area contributed by atoms with Crippen LogP contribution in [0.3, 0.4) is 0 Å². The third-order valence-corrected chi connectivity index (χ3v) is 17.4. The number of carbonyl (C=O) groups is 2. The maximum absolute atomic E-state index is 12.5. The Hall–Kier alpha value is -1.92. The zero-order chi connectivity index (χ0) is 59.2. The second-order valence-corrected chi connectivity index (χ2v) is 25.6. The van der Waals surface area contributed by atoms with Crippen molar-refractivity contribution in [2.75, 3.05) is 13.2 Å². The zero-order valence-corrected chi connectivity index (χ0v) is 55.5. The SMILES string of the molecule is CCCCCC/C=C\C/C=C\CCCCCCCC(=O)OCCCCCCCCCCCCCCCCCCCCCCCCCCCCCCCCCCC(=O)NC(CO)C(O)/C=C/CCCCCCCCCCCCCCCCC. The monoisotopic (exact) mass is 1150 g/mol. The molecule has 0 saturated heterocycles. The second-order valence-electron chi connectivity index (χ2n) is 25.6. The summed E-state index contributed by atoms with van der Waals surface area (Å²) in [4.78, 5) is 24.6. The molecule has 1 amide bonds. The summed E-state index contributed by atoms with van der Waals surface area (Å²) in [6.07, 6.45) is 92.5. The van der Waals surface area contributed by atoms with Crippen molar-refractivity contribution >= 4 is 11.9 Å². The molecule has 0 aliphatic heterocycles. The van der Waals surface area contributed by atoms with E-state index in [1.165, 1.54) is 334 Å². The molecule has 6 nitrogen and oxygen atoms in total. The molecule has 0 heterocycles. The van der Waals surface area contributed by atoms with Gasteiger partial charge in [0.05, 0.1) is 25.4 Å². The molecule has 82 heavy (non-hydrogen) atoms. The molecule has 0 bridgehead atoms. The molecule has 0 aromatic heterocycles. The number of amides is 1. The van der Waals surface area contributed by atoms with Gasteiger partial charge in [0.1, 0.15) is 0 Å². The summed E-state index contributed by atoms with van der Waals surface area (Å²) < 4.78 is 5.50. The van der Waals surface area contributed by atoms with Gasteiger partial charge in [-0.05, 0) is 64.2 Å². The van der Waals surface area contributed by atoms with Crippen LogP contribution in [0.25, 0.3) is 0 Å². The van der Waals surface area contributed by atoms with Crippen LogP contribution < -0.4 is 5.32 Å². The maximum Gasteiger partial charge on any atom is 0.305 e. The van der Waals surface area contributed by atoms with Crippen LogP contribution in [-0.4, -0.2) is 47.4 Å². The summed E-state index contributed by atoms with van der Waals surface area (Å²) in [6.45, 7) is 4.92. The van der Waals surface area contributed by atoms with Crippen LogP contribution >= 0.6 is 0 Å². The predicted molar refractivity (Wildman–Crippen MR) is 361 cm³/mol. The van der Waals surface area contributed by atoms with E-state index in [9.17, 15) is 19.8 Å². The van der Waals surface area contributed by atoms with E-state index >= 15 is 0 Å². The molecule has 0 spiro atoms. The number of rotatable bonds is 70. The Kier molecular flexibility index (Phi) is 69.9. The van der Waals surface area contributed by atoms with Crippen LogP contribution in [0.4, 0.5) is 0 Å². The first-order valence-electron chi connectivity index (χ1n) is 37.3. The Bertz CT molecular complexity index is 1330. The number of hydrogen-bond acceptors (Lipinski definition) is 5. The van der Waals surface area contributed by atoms with Crippen molar-refractivity contribution in [1.82, 2.24) is 5.32 Å². The Labute approximate surface area is 513 Å². The number of hydrogen-bond donors (Lipinski definition) is 3. The molecule has 2 unspecified atom stereocenters. The van der Waals surface area contributed by atoms with Gasteiger partial charge in [0.2, 0.25) is 5.91 Å². The predicted octanol–water partition coefficient (Wildman–Crippen LogP) is 24.3. The van der Waals surface area contributed by atoms with E-state index in [0.29, 0.717) is 19.4 Å². The smallest absolute Gasteiger partial charge is 0.305 e. The second kappa shape index (κ2) is 71.6. The van der Waals surface area contributed by atoms with Gasteiger partial charge in [-0.1, -0.05) is 371 Å². The fraction of sp³-hybridized carbons (Fsp3) is 0.895. The van der Waals surface area contributed by atoms with Gasteiger partial charge < -0.3 is 20.3 Å². The van der Waals surface area contributed by atoms with Crippen molar-refractivity contribution in [3.05, 3.63) is 36.5 Å². The quantitative estimate of drug-likeness (QED) is 0.0320. The molecule has 0 rings (SSSR count). The van der Waals surface area contributed by atoms with E-state index in [2.05, 4.69) is 43.5 Å². The fourth-order valence-corrected chi connectivity index (χ4v) is 11.7. The van der Waals surface area contributed by atoms with Gasteiger partial charge in [-0.15, -0.1) is 0 Å². The lowest BCUT2D eigenvalue weighted by Crippen LogP contribution is -2.45. The summed E-state index contributed by atoms with van der Waals surface area (Å²) in [7, 11) is 0. The van der Waals surface area contributed by atoms with Crippen molar-refractivity contribution in [3.8, 4) is 0 Å². The van der Waals surface area contributed by atoms with E-state index in [-0.39, 0.29) is 18.5 Å². The molecule has 6 heteroatoms. The van der Waals surface area contributed by atoms with E-state index in [1.807, 2.05) is 6.08 Å². The first-order chi connectivity index (χ1) is 40.5. The van der Waals surface area contributed by atoms with Gasteiger partial charge in [-0.3, -0.25) is 9.59 Å². The molecule has 0 aliphatic rings. The summed E-state index contributed by atoms with van der Waals surface area (Å²) >= 11 is 0. The van der Waals surface area contributed by atoms with Crippen LogP contribution in [0, 0.1) is 0 Å². The van der Waals surface area contributed by atoms with Crippen LogP contribution in [0.5, 0.6) is 0 Å². The van der Waals surface area contributed by atoms with Crippen molar-refractivity contribution in [2.45, 2.75) is 424 Å². The molecule has 484 valence electrons. The highest BCUT2D eigenvalue weighted by atomic mass is 16.5. The van der Waals surface area contributed by atoms with Crippen molar-refractivity contribution in [2.24, 2.45) is 0 Å². The van der Waals surface area contributed by atoms with E-state index < -0.39 is 12.1 Å². The van der Waals surface area contributed by atoms with Crippen molar-refractivity contribution in [1.29, 1.82) is 0 Å². The molecule has 3 N–H and O–H groups in total. The molecule has 2 atom stereocenters. The molecular weight excluding hydrogens is 1010 g/mol. The number of unbranched alkanes of at least 4 members (excludes halogenated alkanes) is 55. The Morgan fingerprint density at radius 3 is 0.939 bits per heavy atom. The number of allylic oxidation sites excluding steroid dienone is 5. The van der Waals surface area contributed by atoms with Crippen molar-refractivity contribution < 1.29 is 24.5 Å². The first-order valence-corrected chi connectivity index (χ1v) is 37.3. The lowest BCUT2D eigenvalue weighted by molar-refractivity contribution is -0.143. The largest absolute Gasteiger partial charge is 0.466 e. The number of esters is 1. The Morgan fingerprint density at radius 2 is 0.610 bits per heavy atom. The molecule has 0 saturated carbocycles. The number of carbonyl (C=O) groups excluding carboxylic acids is 2. The zero-order valence-electron chi connectivity index (χ0n) is 55.5. The minimum absolute atomic E-state index is 0.00791. The maximum atomic E-state index is 12.5. The summed E-state index contributed by atoms with van der Waals surface area (Å²) in [5, 5.41) is 23.2. The van der Waals surface area contributed by atoms with Crippen LogP contribution in [0.2, 0.25) is 0 Å². The van der Waals surface area contributed by atoms with Gasteiger partial charge in [0.15, 0.2) is 0 Å². The summed E-state index contributed by atoms with van der Waals surface area (Å²) in [5.41, 5.74) is 0. The minimum Gasteiger partial charge on any atom is -0.466 e. The fourth-order valence-electron chi connectivity index (χ4n) is 11.7. The van der Waals surface area contributed by atoms with Crippen molar-refractivity contribution in [3.63, 3.8) is 0 Å². The normalized spacial score (nSPS) is 12.7. The molecule has 0 aromatic carbocycles. The molecule has 0 aliphatic carbocycles. The van der Waals surface area contributed by atoms with Gasteiger partial charge in [0, 0.05) is 12.8 Å². The topological polar surface area (TPSA) is 95.9 Å². The average molecular weight is 1150 g/mol. The van der Waals surface area contributed by atoms with Gasteiger partial charge in [-0.2, -0.15) is 0 Å². The van der Waals surface area contributed by atoms with E-state index in [0.717, 1.165) is 51.4 Å². The standard InChI is InChI=1S/C76H145NO5/c1-3-5-7-9-11-13-15-17-19-37-40-44-48-52-56-60-64-68-74(79)73(72-78)77-75(80)69-65-61-57-53-49-45-41-38-35-33-31-29-27-25-23-21-22-24-26-28-30-32-34-36-39-43-47-51-55-59-63-67-71-82-76(81)70-66-62-58-54-50-46-42-20-18-16-14-12-10-8-6-4-2/h14,16,20,42,64,68,73-74,78-79H,3-13,15,17-19,21-41,43-63,65-67,69-72H2,1-2H3,(H,77,80)/b16-14-,42-20-,68-64+. The molecular formula is C76H145NO5. The lowest BCUT2D eigenvalue weighted by Gasteiger charge is -2.20. The van der Waals surface area contributed by atoms with Crippen LogP contribution in [0.15, 0.2) is 36.5 Å². The Morgan fingerprint density at radius 1 is 0.341 bits per heavy atom. The Balaban J connectivity index is 3.34. The van der Waals surface area contributed by atoms with E-state index in [4.69, 9.17) is 4.74 Å². The summed E-state index contributed by atoms with van der Waals surface area (Å²) in [6, 6.07) is -0.625. The highest BCUT2D eigenvalue weighted by Crippen LogP contribution is 2.19. The van der Waals surface area contributed by atoms with Crippen LogP contribution in [-0.2, 0) is 14.3 Å². The molecule has 0 radical (unpaired) electrons. The van der Waals surface area contributed by atoms with Gasteiger partial charge in [0.25, 0.3) is 0 Å². The number of aliphatic hydroxyl groups is 2. The van der Waals surface area contributed by atoms with Gasteiger partial charge in [-0.25, -0.2) is 0 Å².